The molecule has 0 atom stereocenters. The highest BCUT2D eigenvalue weighted by Gasteiger charge is 2.28. The number of fused-ring (bicyclic) bond motifs is 1. The third-order valence-corrected chi connectivity index (χ3v) is 6.08. The quantitative estimate of drug-likeness (QED) is 0.212. The molecule has 2 N–H and O–H groups in total. The number of anilines is 1. The maximum Gasteiger partial charge on any atom is 0.273 e. The van der Waals surface area contributed by atoms with Crippen LogP contribution in [0.25, 0.3) is 5.70 Å². The van der Waals surface area contributed by atoms with Gasteiger partial charge in [-0.3, -0.25) is 19.7 Å². The number of carbonyl (C=O) groups excluding carboxylic acids is 2. The summed E-state index contributed by atoms with van der Waals surface area (Å²) in [5.41, 5.74) is 4.04. The zero-order chi connectivity index (χ0) is 26.0. The summed E-state index contributed by atoms with van der Waals surface area (Å²) in [5, 5.41) is 17.3. The van der Waals surface area contributed by atoms with E-state index in [1.165, 1.54) is 18.2 Å². The van der Waals surface area contributed by atoms with Crippen molar-refractivity contribution in [1.82, 2.24) is 5.32 Å². The van der Waals surface area contributed by atoms with Gasteiger partial charge in [0, 0.05) is 51.3 Å². The van der Waals surface area contributed by atoms with Crippen molar-refractivity contribution in [3.05, 3.63) is 105 Å². The molecule has 1 amide bonds. The number of allylic oxidation sites excluding steroid dienone is 1. The Morgan fingerprint density at radius 2 is 1.75 bits per heavy atom. The molecule has 1 aliphatic heterocycles. The number of nitrogens with one attached hydrogen (secondary N) is 2. The summed E-state index contributed by atoms with van der Waals surface area (Å²) < 4.78 is 5.36. The first-order chi connectivity index (χ1) is 17.1. The molecule has 1 aliphatic rings. The van der Waals surface area contributed by atoms with Crippen molar-refractivity contribution in [3.63, 3.8) is 0 Å². The van der Waals surface area contributed by atoms with Crippen molar-refractivity contribution in [2.24, 2.45) is 0 Å². The molecule has 0 aromatic heterocycles. The van der Waals surface area contributed by atoms with Crippen LogP contribution in [0.4, 0.5) is 11.4 Å². The van der Waals surface area contributed by atoms with Gasteiger partial charge < -0.3 is 15.4 Å². The van der Waals surface area contributed by atoms with Crippen LogP contribution >= 0.6 is 0 Å². The van der Waals surface area contributed by atoms with Crippen molar-refractivity contribution < 1.29 is 19.2 Å². The second-order valence-electron chi connectivity index (χ2n) is 9.42. The fourth-order valence-electron chi connectivity index (χ4n) is 4.24. The van der Waals surface area contributed by atoms with Gasteiger partial charge in [0.25, 0.3) is 11.6 Å². The van der Waals surface area contributed by atoms with E-state index in [2.05, 4.69) is 24.5 Å². The third kappa shape index (κ3) is 5.27. The van der Waals surface area contributed by atoms with Crippen molar-refractivity contribution in [2.75, 3.05) is 12.4 Å². The van der Waals surface area contributed by atoms with E-state index in [1.807, 2.05) is 18.2 Å². The standard InChI is InChI=1S/C28H27N3O5/c1-17-5-6-19(13-25(17)31(34)35)27(33)29-21-10-7-18(8-11-21)26(32)15-24-23-14-22(36-4)12-9-20(23)16-28(2,3)30-24/h5-15,30H,16H2,1-4H3,(H,29,33)/b24-15-. The van der Waals surface area contributed by atoms with E-state index >= 15 is 0 Å². The Labute approximate surface area is 209 Å². The monoisotopic (exact) mass is 485 g/mol. The average molecular weight is 486 g/mol. The number of rotatable bonds is 6. The molecule has 0 bridgehead atoms. The number of aryl methyl sites for hydroxylation is 1. The molecule has 3 aromatic rings. The number of hydrogen-bond acceptors (Lipinski definition) is 6. The van der Waals surface area contributed by atoms with Gasteiger partial charge in [-0.05, 0) is 75.2 Å². The zero-order valence-corrected chi connectivity index (χ0v) is 20.5. The molecule has 8 nitrogen and oxygen atoms in total. The highest BCUT2D eigenvalue weighted by Crippen LogP contribution is 2.32. The number of methoxy groups -OCH3 is 1. The summed E-state index contributed by atoms with van der Waals surface area (Å²) in [7, 11) is 1.61. The maximum absolute atomic E-state index is 13.1. The lowest BCUT2D eigenvalue weighted by atomic mass is 9.85. The molecule has 1 heterocycles. The summed E-state index contributed by atoms with van der Waals surface area (Å²) in [4.78, 5) is 36.3. The molecular formula is C28H27N3O5. The normalized spacial score (nSPS) is 14.9. The van der Waals surface area contributed by atoms with E-state index in [0.717, 1.165) is 23.2 Å². The molecule has 4 rings (SSSR count). The Balaban J connectivity index is 1.53. The first-order valence-electron chi connectivity index (χ1n) is 11.4. The minimum absolute atomic E-state index is 0.115. The molecule has 0 saturated heterocycles. The highest BCUT2D eigenvalue weighted by atomic mass is 16.6. The number of amides is 1. The molecule has 0 aliphatic carbocycles. The SMILES string of the molecule is COc1ccc2c(c1)/C(=C/C(=O)c1ccc(NC(=O)c3ccc(C)c([N+](=O)[O-])c3)cc1)NC(C)(C)C2. The second kappa shape index (κ2) is 9.65. The number of nitro groups is 1. The smallest absolute Gasteiger partial charge is 0.273 e. The molecule has 0 unspecified atom stereocenters. The summed E-state index contributed by atoms with van der Waals surface area (Å²) in [6.07, 6.45) is 2.40. The lowest BCUT2D eigenvalue weighted by Gasteiger charge is -2.35. The number of benzene rings is 3. The lowest BCUT2D eigenvalue weighted by Crippen LogP contribution is -2.43. The van der Waals surface area contributed by atoms with Gasteiger partial charge in [0.15, 0.2) is 5.78 Å². The molecular weight excluding hydrogens is 458 g/mol. The molecule has 8 heteroatoms. The van der Waals surface area contributed by atoms with Gasteiger partial charge in [0.2, 0.25) is 0 Å². The fraction of sp³-hybridized carbons (Fsp3) is 0.214. The molecule has 0 radical (unpaired) electrons. The summed E-state index contributed by atoms with van der Waals surface area (Å²) in [6, 6.07) is 16.7. The van der Waals surface area contributed by atoms with Crippen LogP contribution in [0, 0.1) is 17.0 Å². The van der Waals surface area contributed by atoms with Gasteiger partial charge in [0.1, 0.15) is 5.75 Å². The number of hydrogen-bond donors (Lipinski definition) is 2. The molecule has 0 spiro atoms. The average Bonchev–Trinajstić information content (AvgIpc) is 2.83. The van der Waals surface area contributed by atoms with Crippen molar-refractivity contribution in [1.29, 1.82) is 0 Å². The van der Waals surface area contributed by atoms with E-state index in [9.17, 15) is 19.7 Å². The van der Waals surface area contributed by atoms with Crippen LogP contribution in [0.3, 0.4) is 0 Å². The molecule has 36 heavy (non-hydrogen) atoms. The number of nitro benzene ring substituents is 1. The Kier molecular flexibility index (Phi) is 6.61. The number of nitrogens with zero attached hydrogens (tertiary/aromatic N) is 1. The van der Waals surface area contributed by atoms with E-state index in [4.69, 9.17) is 4.74 Å². The Hall–Kier alpha value is -4.46. The van der Waals surface area contributed by atoms with Gasteiger partial charge in [-0.2, -0.15) is 0 Å². The van der Waals surface area contributed by atoms with E-state index in [1.54, 1.807) is 44.4 Å². The van der Waals surface area contributed by atoms with Crippen LogP contribution < -0.4 is 15.4 Å². The van der Waals surface area contributed by atoms with Gasteiger partial charge in [-0.15, -0.1) is 0 Å². The number of carbonyl (C=O) groups is 2. The van der Waals surface area contributed by atoms with Crippen LogP contribution in [0.5, 0.6) is 5.75 Å². The molecule has 0 saturated carbocycles. The predicted octanol–water partition coefficient (Wildman–Crippen LogP) is 5.31. The largest absolute Gasteiger partial charge is 0.497 e. The Bertz CT molecular complexity index is 1390. The number of ether oxygens (including phenoxy) is 1. The van der Waals surface area contributed by atoms with E-state index in [-0.39, 0.29) is 22.6 Å². The Morgan fingerprint density at radius 1 is 1.06 bits per heavy atom. The maximum atomic E-state index is 13.1. The Morgan fingerprint density at radius 3 is 2.42 bits per heavy atom. The van der Waals surface area contributed by atoms with Gasteiger partial charge >= 0.3 is 0 Å². The summed E-state index contributed by atoms with van der Waals surface area (Å²) >= 11 is 0. The van der Waals surface area contributed by atoms with Gasteiger partial charge in [-0.25, -0.2) is 0 Å². The third-order valence-electron chi connectivity index (χ3n) is 6.08. The minimum atomic E-state index is -0.516. The summed E-state index contributed by atoms with van der Waals surface area (Å²) in [6.45, 7) is 5.78. The first-order valence-corrected chi connectivity index (χ1v) is 11.4. The predicted molar refractivity (Wildman–Crippen MR) is 138 cm³/mol. The van der Waals surface area contributed by atoms with Gasteiger partial charge in [-0.1, -0.05) is 12.1 Å². The lowest BCUT2D eigenvalue weighted by molar-refractivity contribution is -0.385. The van der Waals surface area contributed by atoms with Gasteiger partial charge in [0.05, 0.1) is 12.0 Å². The minimum Gasteiger partial charge on any atom is -0.497 e. The molecule has 184 valence electrons. The van der Waals surface area contributed by atoms with E-state index < -0.39 is 10.8 Å². The summed E-state index contributed by atoms with van der Waals surface area (Å²) in [5.74, 6) is 0.0575. The topological polar surface area (TPSA) is 111 Å². The van der Waals surface area contributed by atoms with Crippen LogP contribution in [0.1, 0.15) is 51.3 Å². The van der Waals surface area contributed by atoms with Crippen molar-refractivity contribution in [3.8, 4) is 5.75 Å². The van der Waals surface area contributed by atoms with Crippen LogP contribution in [0.2, 0.25) is 0 Å². The van der Waals surface area contributed by atoms with Crippen molar-refractivity contribution in [2.45, 2.75) is 32.7 Å². The van der Waals surface area contributed by atoms with Crippen LogP contribution in [-0.2, 0) is 6.42 Å². The second-order valence-corrected chi connectivity index (χ2v) is 9.42. The van der Waals surface area contributed by atoms with Crippen LogP contribution in [0.15, 0.2) is 66.7 Å². The first kappa shape index (κ1) is 24.7. The zero-order valence-electron chi connectivity index (χ0n) is 20.5. The fourth-order valence-corrected chi connectivity index (χ4v) is 4.24. The van der Waals surface area contributed by atoms with Crippen molar-refractivity contribution >= 4 is 28.8 Å². The molecule has 0 fully saturated rings. The highest BCUT2D eigenvalue weighted by molar-refractivity contribution is 6.09. The molecule has 3 aromatic carbocycles. The van der Waals surface area contributed by atoms with E-state index in [0.29, 0.717) is 22.6 Å². The number of ketones is 1. The van der Waals surface area contributed by atoms with Crippen LogP contribution in [-0.4, -0.2) is 29.3 Å².